The number of halogens is 1. The molecule has 7 rings (SSSR count). The fourth-order valence-corrected chi connectivity index (χ4v) is 7.21. The van der Waals surface area contributed by atoms with Gasteiger partial charge in [0.05, 0.1) is 31.2 Å². The van der Waals surface area contributed by atoms with Crippen molar-refractivity contribution in [2.75, 3.05) is 18.9 Å². The first-order valence-electron chi connectivity index (χ1n) is 12.7. The van der Waals surface area contributed by atoms with Gasteiger partial charge in [-0.25, -0.2) is 19.3 Å². The number of nitrogen functional groups attached to an aromatic ring is 1. The minimum Gasteiger partial charge on any atom is -0.756 e. The van der Waals surface area contributed by atoms with Crippen LogP contribution in [0.1, 0.15) is 12.6 Å². The molecule has 0 spiro atoms. The summed E-state index contributed by atoms with van der Waals surface area (Å²) in [6, 6.07) is -0.937. The van der Waals surface area contributed by atoms with Crippen LogP contribution in [-0.2, 0) is 42.4 Å². The molecule has 7 heterocycles. The summed E-state index contributed by atoms with van der Waals surface area (Å²) in [5.74, 6) is -0.583. The van der Waals surface area contributed by atoms with Crippen LogP contribution in [0.4, 0.5) is 10.2 Å². The number of phosphoric ester groups is 1. The van der Waals surface area contributed by atoms with Crippen LogP contribution in [0.2, 0.25) is 0 Å². The molecular formula is C20H21FN10O10PS-. The zero-order valence-corrected chi connectivity index (χ0v) is 23.2. The first kappa shape index (κ1) is 28.4. The number of carbonyl (C=O) groups is 1. The van der Waals surface area contributed by atoms with Crippen LogP contribution in [0, 0.1) is 0 Å². The van der Waals surface area contributed by atoms with Gasteiger partial charge in [0.25, 0.3) is 13.7 Å². The maximum absolute atomic E-state index is 15.8. The molecule has 3 saturated heterocycles. The van der Waals surface area contributed by atoms with Gasteiger partial charge < -0.3 is 34.0 Å². The Hall–Kier alpha value is -3.34. The molecule has 0 bridgehead atoms. The zero-order chi connectivity index (χ0) is 30.1. The maximum Gasteiger partial charge on any atom is 0.336 e. The third kappa shape index (κ3) is 5.13. The molecule has 0 radical (unpaired) electrons. The Morgan fingerprint density at radius 2 is 2.02 bits per heavy atom. The summed E-state index contributed by atoms with van der Waals surface area (Å²) < 4.78 is 84.9. The van der Waals surface area contributed by atoms with Crippen LogP contribution >= 0.6 is 7.82 Å². The molecule has 5 aliphatic rings. The second kappa shape index (κ2) is 10.4. The molecule has 9 atom stereocenters. The number of imidazole rings is 1. The highest BCUT2D eigenvalue weighted by atomic mass is 32.2. The summed E-state index contributed by atoms with van der Waals surface area (Å²) in [6.07, 6.45) is -5.66. The van der Waals surface area contributed by atoms with Crippen LogP contribution in [0.5, 0.6) is 0 Å². The van der Waals surface area contributed by atoms with Crippen LogP contribution in [0.15, 0.2) is 39.8 Å². The van der Waals surface area contributed by atoms with Crippen molar-refractivity contribution in [3.05, 3.63) is 24.6 Å². The number of fused-ring (bicyclic) bond motifs is 4. The van der Waals surface area contributed by atoms with Gasteiger partial charge in [0, 0.05) is 13.0 Å². The van der Waals surface area contributed by atoms with Gasteiger partial charge in [-0.05, 0) is 0 Å². The summed E-state index contributed by atoms with van der Waals surface area (Å²) in [7, 11) is -9.78. The lowest BCUT2D eigenvalue weighted by atomic mass is 10.1. The molecule has 3 N–H and O–H groups in total. The van der Waals surface area contributed by atoms with Gasteiger partial charge in [-0.15, -0.1) is 5.11 Å². The maximum atomic E-state index is 15.8. The number of phosphoric acid groups is 1. The average Bonchev–Trinajstić information content (AvgIpc) is 3.72. The number of nitrogens with zero attached hydrogens (tertiary/aromatic N) is 8. The first-order valence-corrected chi connectivity index (χ1v) is 15.5. The van der Waals surface area contributed by atoms with E-state index in [0.717, 1.165) is 10.9 Å². The number of carbonyl (C=O) groups excluding carboxylic acids is 1. The standard InChI is InChI=1S/C20H22FN10O10PS/c21-13-16-10(39-20(13)31-7-26-15-17(22)23-5-24-18(15)31)3-28-43(35,36)41-9-1-12(38-11(9)4-37-42(33,34)40-16)30-6-25-14-8(30)2-27-29-19(14)32/h2,5-7,9-14,16,20,28H,1,3-4H2,(H,33,34)(H2,22,23,24)/p-1/t9-,10+,11+,12+,13+,14?,16+,20+/m0/s1. The Labute approximate surface area is 240 Å². The number of aliphatic imine (C=N–C) groups is 1. The van der Waals surface area contributed by atoms with Gasteiger partial charge in [-0.1, -0.05) is 0 Å². The lowest BCUT2D eigenvalue weighted by Crippen LogP contribution is -2.44. The molecule has 2 aromatic heterocycles. The summed E-state index contributed by atoms with van der Waals surface area (Å²) in [5.41, 5.74) is 6.36. The number of aromatic nitrogens is 4. The SMILES string of the molecule is Nc1ncnc2c1ncn2[C@@H]1O[C@@H]2CNS(=O)(=O)O[C@H]3C[C@H](N4C=NC5C(=O)N=NC=C54)O[C@@H]3COP(=O)([O-])O[C@H]2[C@H]1F. The van der Waals surface area contributed by atoms with Crippen molar-refractivity contribution in [2.24, 2.45) is 15.2 Å². The number of azo groups is 1. The molecule has 5 aliphatic heterocycles. The van der Waals surface area contributed by atoms with Gasteiger partial charge in [0.1, 0.15) is 42.5 Å². The van der Waals surface area contributed by atoms with E-state index in [9.17, 15) is 22.7 Å². The number of ether oxygens (including phenoxy) is 2. The third-order valence-electron chi connectivity index (χ3n) is 7.28. The Bertz CT molecular complexity index is 1720. The average molecular weight is 643 g/mol. The van der Waals surface area contributed by atoms with E-state index in [1.54, 1.807) is 0 Å². The number of anilines is 1. The molecule has 1 amide bonds. The quantitative estimate of drug-likeness (QED) is 0.350. The minimum absolute atomic E-state index is 0.0172. The summed E-state index contributed by atoms with van der Waals surface area (Å²) in [6.45, 7) is -1.39. The van der Waals surface area contributed by atoms with E-state index in [0.29, 0.717) is 5.70 Å². The molecule has 23 heteroatoms. The van der Waals surface area contributed by atoms with Crippen molar-refractivity contribution in [3.8, 4) is 0 Å². The summed E-state index contributed by atoms with van der Waals surface area (Å²) in [5, 5.41) is 7.06. The van der Waals surface area contributed by atoms with Crippen molar-refractivity contribution >= 4 is 47.4 Å². The molecule has 43 heavy (non-hydrogen) atoms. The largest absolute Gasteiger partial charge is 0.756 e. The van der Waals surface area contributed by atoms with E-state index < -0.39 is 86.3 Å². The van der Waals surface area contributed by atoms with E-state index in [2.05, 4.69) is 34.9 Å². The highest BCUT2D eigenvalue weighted by Crippen LogP contribution is 2.47. The highest BCUT2D eigenvalue weighted by molar-refractivity contribution is 7.84. The molecular weight excluding hydrogens is 622 g/mol. The number of amides is 1. The number of hydrogen-bond donors (Lipinski definition) is 2. The monoisotopic (exact) mass is 643 g/mol. The van der Waals surface area contributed by atoms with Crippen LogP contribution in [0.25, 0.3) is 11.2 Å². The third-order valence-corrected chi connectivity index (χ3v) is 9.26. The number of hydrogen-bond acceptors (Lipinski definition) is 17. The number of nitrogens with two attached hydrogens (primary N) is 1. The molecule has 2 aromatic rings. The van der Waals surface area contributed by atoms with E-state index in [1.165, 1.54) is 23.8 Å². The van der Waals surface area contributed by atoms with Crippen LogP contribution < -0.4 is 15.3 Å². The van der Waals surface area contributed by atoms with E-state index in [1.807, 2.05) is 0 Å². The van der Waals surface area contributed by atoms with Crippen LogP contribution in [0.3, 0.4) is 0 Å². The predicted molar refractivity (Wildman–Crippen MR) is 134 cm³/mol. The smallest absolute Gasteiger partial charge is 0.336 e. The fraction of sp³-hybridized carbons (Fsp3) is 0.550. The van der Waals surface area contributed by atoms with Crippen molar-refractivity contribution in [2.45, 2.75) is 55.5 Å². The molecule has 0 aromatic carbocycles. The minimum atomic E-state index is -5.24. The first-order chi connectivity index (χ1) is 20.5. The predicted octanol–water partition coefficient (Wildman–Crippen LogP) is -1.59. The number of rotatable bonds is 2. The summed E-state index contributed by atoms with van der Waals surface area (Å²) >= 11 is 0. The summed E-state index contributed by atoms with van der Waals surface area (Å²) in [4.78, 5) is 42.3. The van der Waals surface area contributed by atoms with Crippen LogP contribution in [-0.4, -0.2) is 101 Å². The van der Waals surface area contributed by atoms with Crippen molar-refractivity contribution in [1.82, 2.24) is 29.1 Å². The van der Waals surface area contributed by atoms with Gasteiger partial charge in [0.15, 0.2) is 29.9 Å². The van der Waals surface area contributed by atoms with E-state index in [4.69, 9.17) is 28.4 Å². The second-order valence-electron chi connectivity index (χ2n) is 9.89. The Morgan fingerprint density at radius 1 is 1.19 bits per heavy atom. The van der Waals surface area contributed by atoms with Gasteiger partial charge >= 0.3 is 10.3 Å². The zero-order valence-electron chi connectivity index (χ0n) is 21.5. The molecule has 230 valence electrons. The lowest BCUT2D eigenvalue weighted by Gasteiger charge is -2.31. The molecule has 0 saturated carbocycles. The van der Waals surface area contributed by atoms with Crippen molar-refractivity contribution in [3.63, 3.8) is 0 Å². The Morgan fingerprint density at radius 3 is 2.86 bits per heavy atom. The topological polar surface area (TPSA) is 259 Å². The molecule has 20 nitrogen and oxygen atoms in total. The molecule has 0 aliphatic carbocycles. The molecule has 2 unspecified atom stereocenters. The Kier molecular flexibility index (Phi) is 6.87. The second-order valence-corrected chi connectivity index (χ2v) is 12.6. The van der Waals surface area contributed by atoms with Gasteiger partial charge in [-0.3, -0.25) is 23.1 Å². The van der Waals surface area contributed by atoms with Crippen molar-refractivity contribution < 1.29 is 49.8 Å². The Balaban J connectivity index is 1.12. The van der Waals surface area contributed by atoms with E-state index in [-0.39, 0.29) is 23.4 Å². The van der Waals surface area contributed by atoms with E-state index >= 15 is 4.39 Å². The number of nitrogens with one attached hydrogen (secondary N) is 1. The fourth-order valence-electron chi connectivity index (χ4n) is 5.30. The lowest BCUT2D eigenvalue weighted by molar-refractivity contribution is -0.235. The van der Waals surface area contributed by atoms with Gasteiger partial charge in [0.2, 0.25) is 0 Å². The number of alkyl halides is 1. The van der Waals surface area contributed by atoms with Gasteiger partial charge in [-0.2, -0.15) is 18.3 Å². The normalized spacial score (nSPS) is 39.2. The molecule has 3 fully saturated rings. The highest BCUT2D eigenvalue weighted by Gasteiger charge is 2.51. The van der Waals surface area contributed by atoms with Crippen molar-refractivity contribution in [1.29, 1.82) is 0 Å².